The fraction of sp³-hybridized carbons (Fsp3) is 1.00. The van der Waals surface area contributed by atoms with Gasteiger partial charge in [-0.1, -0.05) is 0 Å². The van der Waals surface area contributed by atoms with E-state index in [1.54, 1.807) is 0 Å². The molecule has 0 aromatic heterocycles. The average molecular weight is 102 g/mol. The minimum atomic E-state index is -1.89. The third-order valence-electron chi connectivity index (χ3n) is 0.494. The molecule has 0 fully saturated rings. The fourth-order valence-corrected chi connectivity index (χ4v) is 0.223. The number of halogens is 1. The molecule has 5 heteroatoms. The van der Waals surface area contributed by atoms with Gasteiger partial charge in [-0.2, -0.15) is 4.39 Å². The van der Waals surface area contributed by atoms with Crippen molar-refractivity contribution in [3.05, 3.63) is 0 Å². The molecule has 0 unspecified atom stereocenters. The van der Waals surface area contributed by atoms with Crippen molar-refractivity contribution < 1.29 is 4.39 Å². The molecule has 38 valence electrons. The number of hydrogen-bond acceptors (Lipinski definition) is 4. The molecule has 0 radical (unpaired) electrons. The zero-order valence-corrected chi connectivity index (χ0v) is 3.67. The van der Waals surface area contributed by atoms with E-state index in [2.05, 4.69) is 20.7 Å². The van der Waals surface area contributed by atoms with Crippen LogP contribution in [0.15, 0.2) is 20.7 Å². The fourth-order valence-electron chi connectivity index (χ4n) is 0.223. The molecule has 1 heterocycles. The van der Waals surface area contributed by atoms with Crippen molar-refractivity contribution >= 4 is 0 Å². The normalized spacial score (nSPS) is 23.7. The molecular formula is C2H3FN4. The summed E-state index contributed by atoms with van der Waals surface area (Å²) >= 11 is 0. The van der Waals surface area contributed by atoms with Crippen LogP contribution in [0.3, 0.4) is 0 Å². The molecule has 0 aromatic carbocycles. The maximum absolute atomic E-state index is 12.1. The second-order valence-electron chi connectivity index (χ2n) is 1.28. The van der Waals surface area contributed by atoms with Gasteiger partial charge in [0, 0.05) is 6.92 Å². The monoisotopic (exact) mass is 102 g/mol. The van der Waals surface area contributed by atoms with Gasteiger partial charge in [0.05, 0.1) is 0 Å². The lowest BCUT2D eigenvalue weighted by molar-refractivity contribution is 0.212. The molecule has 0 aromatic rings. The summed E-state index contributed by atoms with van der Waals surface area (Å²) in [6, 6.07) is 0. The zero-order valence-electron chi connectivity index (χ0n) is 3.67. The van der Waals surface area contributed by atoms with Crippen molar-refractivity contribution in [2.75, 3.05) is 0 Å². The molecule has 4 nitrogen and oxygen atoms in total. The number of alkyl halides is 1. The summed E-state index contributed by atoms with van der Waals surface area (Å²) < 4.78 is 12.1. The van der Waals surface area contributed by atoms with E-state index in [0.29, 0.717) is 0 Å². The Hall–Kier alpha value is -0.870. The van der Waals surface area contributed by atoms with E-state index < -0.39 is 5.92 Å². The Morgan fingerprint density at radius 1 is 1.29 bits per heavy atom. The predicted octanol–water partition coefficient (Wildman–Crippen LogP) is 1.46. The number of hydrogen-bond donors (Lipinski definition) is 0. The zero-order chi connectivity index (χ0) is 5.33. The van der Waals surface area contributed by atoms with Crippen LogP contribution in [0.4, 0.5) is 4.39 Å². The molecule has 1 aliphatic heterocycles. The third kappa shape index (κ3) is 0.760. The van der Waals surface area contributed by atoms with Crippen LogP contribution < -0.4 is 0 Å². The first-order chi connectivity index (χ1) is 3.21. The highest BCUT2D eigenvalue weighted by Gasteiger charge is 2.23. The molecule has 1 rings (SSSR count). The van der Waals surface area contributed by atoms with E-state index in [4.69, 9.17) is 0 Å². The molecule has 0 saturated carbocycles. The van der Waals surface area contributed by atoms with Gasteiger partial charge in [-0.25, -0.2) is 0 Å². The SMILES string of the molecule is CC1(F)N=NN=N1. The highest BCUT2D eigenvalue weighted by molar-refractivity contribution is 4.62. The van der Waals surface area contributed by atoms with E-state index >= 15 is 0 Å². The van der Waals surface area contributed by atoms with E-state index in [1.807, 2.05) is 0 Å². The van der Waals surface area contributed by atoms with E-state index in [9.17, 15) is 4.39 Å². The second-order valence-corrected chi connectivity index (χ2v) is 1.28. The van der Waals surface area contributed by atoms with Crippen LogP contribution in [-0.2, 0) is 0 Å². The van der Waals surface area contributed by atoms with Crippen molar-refractivity contribution in [3.8, 4) is 0 Å². The molecule has 0 atom stereocenters. The summed E-state index contributed by atoms with van der Waals surface area (Å²) in [5.41, 5.74) is 0. The van der Waals surface area contributed by atoms with Crippen molar-refractivity contribution in [1.29, 1.82) is 0 Å². The highest BCUT2D eigenvalue weighted by atomic mass is 19.1. The van der Waals surface area contributed by atoms with E-state index in [1.165, 1.54) is 6.92 Å². The van der Waals surface area contributed by atoms with Gasteiger partial charge in [0.2, 0.25) is 0 Å². The average Bonchev–Trinajstić information content (AvgIpc) is 1.84. The summed E-state index contributed by atoms with van der Waals surface area (Å²) in [6.07, 6.45) is 0. The van der Waals surface area contributed by atoms with Crippen molar-refractivity contribution in [1.82, 2.24) is 0 Å². The second kappa shape index (κ2) is 1.05. The molecule has 0 amide bonds. The van der Waals surface area contributed by atoms with Crippen molar-refractivity contribution in [2.45, 2.75) is 12.8 Å². The predicted molar refractivity (Wildman–Crippen MR) is 19.2 cm³/mol. The maximum Gasteiger partial charge on any atom is 0.329 e. The van der Waals surface area contributed by atoms with Crippen LogP contribution in [-0.4, -0.2) is 5.92 Å². The Labute approximate surface area is 39.1 Å². The first kappa shape index (κ1) is 4.29. The maximum atomic E-state index is 12.1. The Morgan fingerprint density at radius 3 is 1.86 bits per heavy atom. The van der Waals surface area contributed by atoms with Gasteiger partial charge in [-0.05, 0) is 10.4 Å². The minimum absolute atomic E-state index is 1.17. The van der Waals surface area contributed by atoms with E-state index in [0.717, 1.165) is 0 Å². The molecule has 0 saturated heterocycles. The van der Waals surface area contributed by atoms with E-state index in [-0.39, 0.29) is 0 Å². The smallest absolute Gasteiger partial charge is 0.187 e. The Morgan fingerprint density at radius 2 is 1.71 bits per heavy atom. The molecule has 0 spiro atoms. The minimum Gasteiger partial charge on any atom is -0.187 e. The quantitative estimate of drug-likeness (QED) is 0.416. The van der Waals surface area contributed by atoms with Gasteiger partial charge < -0.3 is 0 Å². The highest BCUT2D eigenvalue weighted by Crippen LogP contribution is 2.19. The molecule has 0 aliphatic carbocycles. The Bertz CT molecular complexity index is 112. The molecule has 7 heavy (non-hydrogen) atoms. The standard InChI is InChI=1S/C2H3FN4/c1-2(3)4-6-7-5-2/h1H3. The lowest BCUT2D eigenvalue weighted by Crippen LogP contribution is -2.04. The lowest BCUT2D eigenvalue weighted by Gasteiger charge is -1.94. The molecule has 0 bridgehead atoms. The van der Waals surface area contributed by atoms with Gasteiger partial charge in [-0.15, -0.1) is 10.2 Å². The van der Waals surface area contributed by atoms with Crippen LogP contribution >= 0.6 is 0 Å². The van der Waals surface area contributed by atoms with Gasteiger partial charge >= 0.3 is 5.92 Å². The van der Waals surface area contributed by atoms with Crippen LogP contribution in [0.2, 0.25) is 0 Å². The van der Waals surface area contributed by atoms with Gasteiger partial charge in [0.1, 0.15) is 0 Å². The molecule has 0 N–H and O–H groups in total. The molecular weight excluding hydrogens is 99.0 g/mol. The summed E-state index contributed by atoms with van der Waals surface area (Å²) in [5.74, 6) is -1.89. The van der Waals surface area contributed by atoms with Crippen molar-refractivity contribution in [3.63, 3.8) is 0 Å². The summed E-state index contributed by atoms with van der Waals surface area (Å²) in [7, 11) is 0. The first-order valence-electron chi connectivity index (χ1n) is 1.74. The topological polar surface area (TPSA) is 49.4 Å². The van der Waals surface area contributed by atoms with Gasteiger partial charge in [0.15, 0.2) is 0 Å². The largest absolute Gasteiger partial charge is 0.329 e. The Balaban J connectivity index is 2.77. The lowest BCUT2D eigenvalue weighted by atomic mass is 10.6. The first-order valence-corrected chi connectivity index (χ1v) is 1.74. The summed E-state index contributed by atoms with van der Waals surface area (Å²) in [4.78, 5) is 0. The van der Waals surface area contributed by atoms with Crippen LogP contribution in [0, 0.1) is 0 Å². The summed E-state index contributed by atoms with van der Waals surface area (Å²) in [6.45, 7) is 1.17. The Kier molecular flexibility index (Phi) is 0.644. The van der Waals surface area contributed by atoms with Gasteiger partial charge in [-0.3, -0.25) is 0 Å². The molecule has 1 aliphatic rings. The summed E-state index contributed by atoms with van der Waals surface area (Å²) in [5, 5.41) is 11.9. The third-order valence-corrected chi connectivity index (χ3v) is 0.494. The van der Waals surface area contributed by atoms with Crippen molar-refractivity contribution in [2.24, 2.45) is 20.7 Å². The van der Waals surface area contributed by atoms with Crippen LogP contribution in [0.5, 0.6) is 0 Å². The van der Waals surface area contributed by atoms with Crippen LogP contribution in [0.25, 0.3) is 0 Å². The van der Waals surface area contributed by atoms with Crippen LogP contribution in [0.1, 0.15) is 6.92 Å². The number of rotatable bonds is 0. The van der Waals surface area contributed by atoms with Gasteiger partial charge in [0.25, 0.3) is 0 Å². The number of nitrogens with zero attached hydrogens (tertiary/aromatic N) is 4.